The summed E-state index contributed by atoms with van der Waals surface area (Å²) >= 11 is 5.80. The zero-order chi connectivity index (χ0) is 13.2. The van der Waals surface area contributed by atoms with Crippen molar-refractivity contribution in [2.45, 2.75) is 19.4 Å². The second kappa shape index (κ2) is 5.33. The monoisotopic (exact) mass is 261 g/mol. The van der Waals surface area contributed by atoms with E-state index in [1.807, 2.05) is 0 Å². The molecule has 0 aliphatic heterocycles. The second-order valence-electron chi connectivity index (χ2n) is 3.64. The summed E-state index contributed by atoms with van der Waals surface area (Å²) in [5, 5.41) is 8.49. The molecule has 0 radical (unpaired) electrons. The highest BCUT2D eigenvalue weighted by Gasteiger charge is 2.23. The van der Waals surface area contributed by atoms with E-state index in [-0.39, 0.29) is 17.0 Å². The molecule has 3 N–H and O–H groups in total. The number of ether oxygens (including phenoxy) is 1. The molecule has 0 bridgehead atoms. The molecule has 0 aliphatic rings. The van der Waals surface area contributed by atoms with Gasteiger partial charge >= 0.3 is 5.97 Å². The molecule has 0 amide bonds. The van der Waals surface area contributed by atoms with Crippen LogP contribution in [0.3, 0.4) is 0 Å². The van der Waals surface area contributed by atoms with Gasteiger partial charge < -0.3 is 15.6 Å². The zero-order valence-electron chi connectivity index (χ0n) is 9.46. The molecule has 1 rings (SSSR count). The van der Waals surface area contributed by atoms with Crippen molar-refractivity contribution in [2.75, 3.05) is 7.11 Å². The first kappa shape index (κ1) is 13.7. The molecule has 0 spiro atoms. The maximum atomic E-state index is 13.5. The van der Waals surface area contributed by atoms with Gasteiger partial charge in [-0.05, 0) is 18.6 Å². The fourth-order valence-corrected chi connectivity index (χ4v) is 1.93. The summed E-state index contributed by atoms with van der Waals surface area (Å²) < 4.78 is 18.6. The van der Waals surface area contributed by atoms with Gasteiger partial charge in [-0.25, -0.2) is 4.39 Å². The van der Waals surface area contributed by atoms with Crippen molar-refractivity contribution in [1.82, 2.24) is 0 Å². The number of carboxylic acid groups (broad SMARTS) is 1. The lowest BCUT2D eigenvalue weighted by Gasteiger charge is -2.18. The second-order valence-corrected chi connectivity index (χ2v) is 4.02. The van der Waals surface area contributed by atoms with Crippen LogP contribution in [0.2, 0.25) is 5.02 Å². The minimum absolute atomic E-state index is 0.189. The van der Waals surface area contributed by atoms with Crippen molar-refractivity contribution in [3.8, 4) is 5.75 Å². The van der Waals surface area contributed by atoms with E-state index >= 15 is 0 Å². The minimum Gasteiger partial charge on any atom is -0.496 e. The lowest BCUT2D eigenvalue weighted by molar-refractivity contribution is -0.137. The van der Waals surface area contributed by atoms with Gasteiger partial charge in [-0.2, -0.15) is 0 Å². The fourth-order valence-electron chi connectivity index (χ4n) is 1.65. The number of nitrogens with two attached hydrogens (primary N) is 1. The van der Waals surface area contributed by atoms with E-state index in [9.17, 15) is 9.18 Å². The van der Waals surface area contributed by atoms with E-state index in [1.165, 1.54) is 13.2 Å². The van der Waals surface area contributed by atoms with Crippen LogP contribution in [0.25, 0.3) is 0 Å². The van der Waals surface area contributed by atoms with Crippen molar-refractivity contribution < 1.29 is 19.0 Å². The molecule has 1 unspecified atom stereocenters. The van der Waals surface area contributed by atoms with Crippen molar-refractivity contribution in [3.63, 3.8) is 0 Å². The third-order valence-corrected chi connectivity index (χ3v) is 2.75. The summed E-state index contributed by atoms with van der Waals surface area (Å²) in [5.74, 6) is -1.40. The highest BCUT2D eigenvalue weighted by molar-refractivity contribution is 6.31. The topological polar surface area (TPSA) is 72.5 Å². The Balaban J connectivity index is 3.33. The number of aryl methyl sites for hydroxylation is 1. The van der Waals surface area contributed by atoms with Crippen molar-refractivity contribution in [3.05, 3.63) is 28.0 Å². The maximum absolute atomic E-state index is 13.5. The summed E-state index contributed by atoms with van der Waals surface area (Å²) in [6.45, 7) is 1.63. The van der Waals surface area contributed by atoms with Crippen LogP contribution in [-0.2, 0) is 4.79 Å². The van der Waals surface area contributed by atoms with E-state index in [1.54, 1.807) is 6.92 Å². The Morgan fingerprint density at radius 1 is 1.71 bits per heavy atom. The van der Waals surface area contributed by atoms with Crippen LogP contribution in [0.1, 0.15) is 23.6 Å². The quantitative estimate of drug-likeness (QED) is 0.872. The smallest absolute Gasteiger partial charge is 0.305 e. The third kappa shape index (κ3) is 2.87. The predicted molar refractivity (Wildman–Crippen MR) is 61.9 cm³/mol. The van der Waals surface area contributed by atoms with Gasteiger partial charge in [0.25, 0.3) is 0 Å². The predicted octanol–water partition coefficient (Wildman–Crippen LogP) is 2.27. The Labute approximate surface area is 103 Å². The Hall–Kier alpha value is -1.33. The lowest BCUT2D eigenvalue weighted by atomic mass is 10.0. The van der Waals surface area contributed by atoms with Crippen LogP contribution in [0.4, 0.5) is 4.39 Å². The number of carboxylic acids is 1. The normalized spacial score (nSPS) is 12.3. The molecule has 0 aliphatic carbocycles. The summed E-state index contributed by atoms with van der Waals surface area (Å²) in [6.07, 6.45) is -0.348. The Morgan fingerprint density at radius 3 is 2.76 bits per heavy atom. The summed E-state index contributed by atoms with van der Waals surface area (Å²) in [6, 6.07) is 0.308. The zero-order valence-corrected chi connectivity index (χ0v) is 10.2. The average Bonchev–Trinajstić information content (AvgIpc) is 2.21. The van der Waals surface area contributed by atoms with E-state index < -0.39 is 17.8 Å². The number of halogens is 2. The lowest BCUT2D eigenvalue weighted by Crippen LogP contribution is -2.17. The number of rotatable bonds is 4. The molecule has 0 saturated carbocycles. The number of hydrogen-bond donors (Lipinski definition) is 2. The van der Waals surface area contributed by atoms with Crippen molar-refractivity contribution in [2.24, 2.45) is 5.73 Å². The first-order chi connectivity index (χ1) is 7.88. The first-order valence-corrected chi connectivity index (χ1v) is 5.26. The number of methoxy groups -OCH3 is 1. The standard InChI is InChI=1S/C11H13ClFNO3/c1-5-3-6(13)10(12)9(11(5)17-2)7(14)4-8(15)16/h3,7H,4,14H2,1-2H3,(H,15,16). The van der Waals surface area contributed by atoms with Crippen molar-refractivity contribution in [1.29, 1.82) is 0 Å². The highest BCUT2D eigenvalue weighted by Crippen LogP contribution is 2.37. The molecule has 1 aromatic carbocycles. The Kier molecular flexibility index (Phi) is 4.31. The highest BCUT2D eigenvalue weighted by atomic mass is 35.5. The van der Waals surface area contributed by atoms with Crippen molar-refractivity contribution >= 4 is 17.6 Å². The minimum atomic E-state index is -1.09. The molecule has 0 aromatic heterocycles. The summed E-state index contributed by atoms with van der Waals surface area (Å²) in [4.78, 5) is 10.6. The number of hydrogen-bond acceptors (Lipinski definition) is 3. The average molecular weight is 262 g/mol. The van der Waals surface area contributed by atoms with Gasteiger partial charge in [0.05, 0.1) is 18.6 Å². The van der Waals surface area contributed by atoms with Crippen LogP contribution >= 0.6 is 11.6 Å². The van der Waals surface area contributed by atoms with E-state index in [0.717, 1.165) is 0 Å². The van der Waals surface area contributed by atoms with Gasteiger partial charge in [0.2, 0.25) is 0 Å². The SMILES string of the molecule is COc1c(C)cc(F)c(Cl)c1C(N)CC(=O)O. The first-order valence-electron chi connectivity index (χ1n) is 4.88. The van der Waals surface area contributed by atoms with Gasteiger partial charge in [0, 0.05) is 11.6 Å². The number of carbonyl (C=O) groups is 1. The third-order valence-electron chi connectivity index (χ3n) is 2.36. The van der Waals surface area contributed by atoms with Crippen LogP contribution < -0.4 is 10.5 Å². The van der Waals surface area contributed by atoms with E-state index in [0.29, 0.717) is 11.3 Å². The molecule has 0 heterocycles. The van der Waals surface area contributed by atoms with Crippen LogP contribution in [0, 0.1) is 12.7 Å². The molecule has 6 heteroatoms. The van der Waals surface area contributed by atoms with E-state index in [4.69, 9.17) is 27.2 Å². The number of benzene rings is 1. The Bertz CT molecular complexity index is 451. The summed E-state index contributed by atoms with van der Waals surface area (Å²) in [5.41, 5.74) is 6.41. The number of aliphatic carboxylic acids is 1. The van der Waals surface area contributed by atoms with E-state index in [2.05, 4.69) is 0 Å². The van der Waals surface area contributed by atoms with Crippen LogP contribution in [-0.4, -0.2) is 18.2 Å². The molecule has 17 heavy (non-hydrogen) atoms. The fraction of sp³-hybridized carbons (Fsp3) is 0.364. The summed E-state index contributed by atoms with van der Waals surface area (Å²) in [7, 11) is 1.40. The van der Waals surface area contributed by atoms with Crippen LogP contribution in [0.5, 0.6) is 5.75 Å². The van der Waals surface area contributed by atoms with Gasteiger partial charge in [0.1, 0.15) is 11.6 Å². The molecular formula is C11H13ClFNO3. The van der Waals surface area contributed by atoms with Gasteiger partial charge in [-0.1, -0.05) is 11.6 Å². The molecule has 0 fully saturated rings. The van der Waals surface area contributed by atoms with Crippen LogP contribution in [0.15, 0.2) is 6.07 Å². The van der Waals surface area contributed by atoms with Gasteiger partial charge in [-0.15, -0.1) is 0 Å². The largest absolute Gasteiger partial charge is 0.496 e. The molecule has 1 aromatic rings. The molecule has 4 nitrogen and oxygen atoms in total. The molecule has 0 saturated heterocycles. The van der Waals surface area contributed by atoms with Gasteiger partial charge in [0.15, 0.2) is 0 Å². The maximum Gasteiger partial charge on any atom is 0.305 e. The van der Waals surface area contributed by atoms with Gasteiger partial charge in [-0.3, -0.25) is 4.79 Å². The molecule has 1 atom stereocenters. The Morgan fingerprint density at radius 2 is 2.29 bits per heavy atom. The molecular weight excluding hydrogens is 249 g/mol. The molecule has 94 valence electrons.